The lowest BCUT2D eigenvalue weighted by atomic mass is 10.1. The van der Waals surface area contributed by atoms with Gasteiger partial charge in [0.05, 0.1) is 11.4 Å². The molecule has 0 unspecified atom stereocenters. The normalized spacial score (nSPS) is 11.2. The van der Waals surface area contributed by atoms with E-state index < -0.39 is 0 Å². The van der Waals surface area contributed by atoms with Gasteiger partial charge in [0, 0.05) is 12.8 Å². The molecule has 148 valence electrons. The van der Waals surface area contributed by atoms with Crippen LogP contribution < -0.4 is 5.56 Å². The van der Waals surface area contributed by atoms with Crippen LogP contribution in [0.25, 0.3) is 11.4 Å². The topological polar surface area (TPSA) is 70.5 Å². The highest BCUT2D eigenvalue weighted by Gasteiger charge is 2.22. The van der Waals surface area contributed by atoms with Gasteiger partial charge in [-0.3, -0.25) is 9.48 Å². The van der Waals surface area contributed by atoms with Crippen molar-refractivity contribution in [2.45, 2.75) is 31.7 Å². The van der Waals surface area contributed by atoms with Crippen molar-refractivity contribution in [2.75, 3.05) is 0 Å². The summed E-state index contributed by atoms with van der Waals surface area (Å²) in [4.78, 5) is 13.3. The molecule has 7 nitrogen and oxygen atoms in total. The predicted octanol–water partition coefficient (Wildman–Crippen LogP) is 3.37. The van der Waals surface area contributed by atoms with Crippen molar-refractivity contribution in [1.29, 1.82) is 0 Å². The van der Waals surface area contributed by atoms with Crippen molar-refractivity contribution in [3.63, 3.8) is 0 Å². The molecule has 0 aliphatic heterocycles. The van der Waals surface area contributed by atoms with Gasteiger partial charge in [0.25, 0.3) is 5.56 Å². The van der Waals surface area contributed by atoms with Gasteiger partial charge in [-0.15, -0.1) is 5.10 Å². The van der Waals surface area contributed by atoms with E-state index in [9.17, 15) is 4.79 Å². The van der Waals surface area contributed by atoms with E-state index in [1.165, 1.54) is 28.5 Å². The molecule has 8 heteroatoms. The van der Waals surface area contributed by atoms with Crippen LogP contribution in [0.4, 0.5) is 0 Å². The molecule has 0 fully saturated rings. The third-order valence-electron chi connectivity index (χ3n) is 5.04. The Balaban J connectivity index is 1.72. The molecule has 2 heterocycles. The summed E-state index contributed by atoms with van der Waals surface area (Å²) in [6.07, 6.45) is 0. The van der Waals surface area contributed by atoms with E-state index in [1.54, 1.807) is 9.36 Å². The first kappa shape index (κ1) is 19.2. The van der Waals surface area contributed by atoms with Crippen LogP contribution in [0, 0.1) is 20.8 Å². The van der Waals surface area contributed by atoms with Crippen molar-refractivity contribution >= 4 is 11.8 Å². The Morgan fingerprint density at radius 1 is 1.03 bits per heavy atom. The number of benzene rings is 2. The lowest BCUT2D eigenvalue weighted by molar-refractivity contribution is 0.630. The molecule has 2 aromatic carbocycles. The summed E-state index contributed by atoms with van der Waals surface area (Å²) in [5, 5.41) is 12.7. The Hall–Kier alpha value is -3.13. The van der Waals surface area contributed by atoms with Gasteiger partial charge in [-0.1, -0.05) is 53.7 Å². The van der Waals surface area contributed by atoms with Crippen LogP contribution in [0.5, 0.6) is 0 Å². The number of hydrogen-bond donors (Lipinski definition) is 0. The molecule has 0 N–H and O–H groups in total. The summed E-state index contributed by atoms with van der Waals surface area (Å²) in [6, 6.07) is 15.9. The summed E-state index contributed by atoms with van der Waals surface area (Å²) in [5.74, 6) is 0.729. The minimum absolute atomic E-state index is 0.155. The Bertz CT molecular complexity index is 1220. The zero-order valence-corrected chi connectivity index (χ0v) is 17.6. The van der Waals surface area contributed by atoms with E-state index in [0.717, 1.165) is 17.1 Å². The molecule has 0 aliphatic carbocycles. The quantitative estimate of drug-likeness (QED) is 0.475. The van der Waals surface area contributed by atoms with E-state index in [2.05, 4.69) is 47.6 Å². The second kappa shape index (κ2) is 7.71. The lowest BCUT2D eigenvalue weighted by Crippen LogP contribution is -2.22. The molecule has 0 saturated heterocycles. The van der Waals surface area contributed by atoms with Crippen molar-refractivity contribution in [2.24, 2.45) is 7.05 Å². The molecular formula is C21H22N6OS. The molecule has 0 amide bonds. The predicted molar refractivity (Wildman–Crippen MR) is 114 cm³/mol. The minimum atomic E-state index is -0.155. The highest BCUT2D eigenvalue weighted by atomic mass is 32.2. The van der Waals surface area contributed by atoms with Crippen LogP contribution >= 0.6 is 11.8 Å². The molecule has 2 aromatic heterocycles. The Morgan fingerprint density at radius 2 is 1.79 bits per heavy atom. The number of aryl methyl sites for hydroxylation is 2. The molecule has 0 saturated carbocycles. The maximum Gasteiger partial charge on any atom is 0.297 e. The summed E-state index contributed by atoms with van der Waals surface area (Å²) in [7, 11) is 1.86. The summed E-state index contributed by atoms with van der Waals surface area (Å²) in [5.41, 5.74) is 5.57. The fourth-order valence-electron chi connectivity index (χ4n) is 3.31. The number of rotatable bonds is 5. The molecule has 29 heavy (non-hydrogen) atoms. The average Bonchev–Trinajstić information content (AvgIpc) is 3.25. The highest BCUT2D eigenvalue weighted by Crippen LogP contribution is 2.25. The smallest absolute Gasteiger partial charge is 0.283 e. The van der Waals surface area contributed by atoms with Gasteiger partial charge in [0.15, 0.2) is 5.69 Å². The van der Waals surface area contributed by atoms with Gasteiger partial charge >= 0.3 is 0 Å². The van der Waals surface area contributed by atoms with Crippen LogP contribution in [-0.4, -0.2) is 29.6 Å². The van der Waals surface area contributed by atoms with E-state index >= 15 is 0 Å². The third kappa shape index (κ3) is 3.51. The van der Waals surface area contributed by atoms with E-state index in [0.29, 0.717) is 10.8 Å². The van der Waals surface area contributed by atoms with E-state index in [1.807, 2.05) is 49.0 Å². The van der Waals surface area contributed by atoms with Gasteiger partial charge < -0.3 is 0 Å². The maximum absolute atomic E-state index is 13.3. The van der Waals surface area contributed by atoms with Crippen LogP contribution in [0.3, 0.4) is 0 Å². The largest absolute Gasteiger partial charge is 0.297 e. The second-order valence-electron chi connectivity index (χ2n) is 7.00. The Kier molecular flexibility index (Phi) is 5.10. The van der Waals surface area contributed by atoms with Crippen molar-refractivity contribution in [3.8, 4) is 11.4 Å². The molecule has 0 spiro atoms. The number of aromatic nitrogens is 6. The standard InChI is InChI=1S/C21H22N6OS/c1-14-10-11-15(2)17(12-14)13-29-21-22-23-24-26(21)19-16(3)25(4)27(20(19)28)18-8-6-5-7-9-18/h5-12H,13H2,1-4H3. The molecule has 0 aliphatic rings. The molecule has 0 bridgehead atoms. The second-order valence-corrected chi connectivity index (χ2v) is 7.94. The number of tetrazole rings is 1. The first-order chi connectivity index (χ1) is 14.0. The average molecular weight is 407 g/mol. The van der Waals surface area contributed by atoms with Crippen LogP contribution in [0.1, 0.15) is 22.4 Å². The van der Waals surface area contributed by atoms with E-state index in [-0.39, 0.29) is 5.56 Å². The lowest BCUT2D eigenvalue weighted by Gasteiger charge is -2.07. The number of nitrogens with zero attached hydrogens (tertiary/aromatic N) is 6. The molecule has 4 aromatic rings. The monoisotopic (exact) mass is 406 g/mol. The first-order valence-electron chi connectivity index (χ1n) is 9.29. The number of para-hydroxylation sites is 1. The Morgan fingerprint density at radius 3 is 2.55 bits per heavy atom. The molecular weight excluding hydrogens is 384 g/mol. The molecule has 0 atom stereocenters. The van der Waals surface area contributed by atoms with Gasteiger partial charge in [0.1, 0.15) is 0 Å². The highest BCUT2D eigenvalue weighted by molar-refractivity contribution is 7.98. The SMILES string of the molecule is Cc1ccc(C)c(CSc2nnnn2-c2c(C)n(C)n(-c3ccccc3)c2=O)c1. The maximum atomic E-state index is 13.3. The summed E-state index contributed by atoms with van der Waals surface area (Å²) < 4.78 is 5.01. The number of hydrogen-bond acceptors (Lipinski definition) is 5. The summed E-state index contributed by atoms with van der Waals surface area (Å²) >= 11 is 1.52. The van der Waals surface area contributed by atoms with Crippen molar-refractivity contribution in [1.82, 2.24) is 29.6 Å². The number of thioether (sulfide) groups is 1. The molecule has 4 rings (SSSR count). The molecule has 0 radical (unpaired) electrons. The van der Waals surface area contributed by atoms with Crippen molar-refractivity contribution < 1.29 is 0 Å². The van der Waals surface area contributed by atoms with Gasteiger partial charge in [-0.2, -0.15) is 4.68 Å². The van der Waals surface area contributed by atoms with Gasteiger partial charge in [-0.05, 0) is 54.5 Å². The fourth-order valence-corrected chi connectivity index (χ4v) is 4.25. The van der Waals surface area contributed by atoms with Gasteiger partial charge in [-0.25, -0.2) is 4.68 Å². The summed E-state index contributed by atoms with van der Waals surface area (Å²) in [6.45, 7) is 6.08. The van der Waals surface area contributed by atoms with Crippen LogP contribution in [0.2, 0.25) is 0 Å². The van der Waals surface area contributed by atoms with Crippen molar-refractivity contribution in [3.05, 3.63) is 81.3 Å². The van der Waals surface area contributed by atoms with Crippen LogP contribution in [0.15, 0.2) is 58.5 Å². The van der Waals surface area contributed by atoms with Gasteiger partial charge in [0.2, 0.25) is 5.16 Å². The van der Waals surface area contributed by atoms with Crippen LogP contribution in [-0.2, 0) is 12.8 Å². The third-order valence-corrected chi connectivity index (χ3v) is 6.01. The Labute approximate surface area is 173 Å². The van der Waals surface area contributed by atoms with E-state index in [4.69, 9.17) is 0 Å². The zero-order chi connectivity index (χ0) is 20.5. The first-order valence-corrected chi connectivity index (χ1v) is 10.3. The minimum Gasteiger partial charge on any atom is -0.283 e. The zero-order valence-electron chi connectivity index (χ0n) is 16.8. The fraction of sp³-hybridized carbons (Fsp3) is 0.238.